The Morgan fingerprint density at radius 1 is 1.26 bits per heavy atom. The van der Waals surface area contributed by atoms with E-state index in [0.29, 0.717) is 22.8 Å². The monoisotopic (exact) mass is 338 g/mol. The Balaban J connectivity index is 2.23. The highest BCUT2D eigenvalue weighted by molar-refractivity contribution is 9.10. The average molecular weight is 340 g/mol. The molecule has 4 heteroatoms. The molecule has 0 aliphatic carbocycles. The number of ketones is 1. The predicted molar refractivity (Wildman–Crippen MR) is 80.2 cm³/mol. The van der Waals surface area contributed by atoms with Gasteiger partial charge in [-0.15, -0.1) is 0 Å². The van der Waals surface area contributed by atoms with E-state index in [9.17, 15) is 4.79 Å². The van der Waals surface area contributed by atoms with Gasteiger partial charge in [0.05, 0.1) is 12.1 Å². The zero-order chi connectivity index (χ0) is 13.8. The van der Waals surface area contributed by atoms with Crippen LogP contribution in [0.2, 0.25) is 5.02 Å². The van der Waals surface area contributed by atoms with Gasteiger partial charge >= 0.3 is 0 Å². The summed E-state index contributed by atoms with van der Waals surface area (Å²) in [7, 11) is 1.53. The molecule has 0 aromatic heterocycles. The van der Waals surface area contributed by atoms with E-state index in [4.69, 9.17) is 16.3 Å². The van der Waals surface area contributed by atoms with Crippen molar-refractivity contribution in [2.24, 2.45) is 0 Å². The van der Waals surface area contributed by atoms with E-state index in [1.54, 1.807) is 18.2 Å². The Kier molecular flexibility index (Phi) is 4.61. The maximum Gasteiger partial charge on any atom is 0.167 e. The number of Topliss-reactive ketones (excluding diaryl/α,β-unsaturated/α-hetero) is 1. The van der Waals surface area contributed by atoms with Crippen molar-refractivity contribution >= 4 is 33.3 Å². The third-order valence-corrected chi connectivity index (χ3v) is 3.87. The lowest BCUT2D eigenvalue weighted by atomic mass is 10.0. The molecule has 0 aliphatic heterocycles. The van der Waals surface area contributed by atoms with Crippen molar-refractivity contribution in [3.05, 3.63) is 63.1 Å². The third-order valence-electron chi connectivity index (χ3n) is 2.78. The molecule has 98 valence electrons. The molecule has 0 unspecified atom stereocenters. The van der Waals surface area contributed by atoms with Gasteiger partial charge in [0.2, 0.25) is 0 Å². The fraction of sp³-hybridized carbons (Fsp3) is 0.133. The van der Waals surface area contributed by atoms with Crippen LogP contribution in [0.15, 0.2) is 46.9 Å². The van der Waals surface area contributed by atoms with Crippen LogP contribution in [0.3, 0.4) is 0 Å². The topological polar surface area (TPSA) is 26.3 Å². The lowest BCUT2D eigenvalue weighted by Crippen LogP contribution is -2.04. The van der Waals surface area contributed by atoms with Gasteiger partial charge in [-0.1, -0.05) is 45.7 Å². The number of hydrogen-bond acceptors (Lipinski definition) is 2. The minimum atomic E-state index is 0.0295. The molecule has 0 atom stereocenters. The minimum absolute atomic E-state index is 0.0295. The van der Waals surface area contributed by atoms with Crippen LogP contribution >= 0.6 is 27.5 Å². The van der Waals surface area contributed by atoms with Gasteiger partial charge in [-0.25, -0.2) is 0 Å². The molecule has 2 aromatic carbocycles. The molecular formula is C15H12BrClO2. The number of methoxy groups -OCH3 is 1. The van der Waals surface area contributed by atoms with Crippen LogP contribution in [-0.2, 0) is 6.42 Å². The number of carbonyl (C=O) groups excluding carboxylic acids is 1. The van der Waals surface area contributed by atoms with Crippen LogP contribution < -0.4 is 4.74 Å². The Bertz CT molecular complexity index is 611. The van der Waals surface area contributed by atoms with Crippen LogP contribution in [0.1, 0.15) is 15.9 Å². The van der Waals surface area contributed by atoms with Crippen molar-refractivity contribution in [3.8, 4) is 5.75 Å². The molecule has 0 saturated carbocycles. The van der Waals surface area contributed by atoms with E-state index in [-0.39, 0.29) is 5.78 Å². The standard InChI is InChI=1S/C15H12BrClO2/c1-19-15-9-11(6-7-13(15)17)14(18)8-10-4-2-3-5-12(10)16/h2-7,9H,8H2,1H3. The summed E-state index contributed by atoms with van der Waals surface area (Å²) in [5, 5.41) is 0.500. The lowest BCUT2D eigenvalue weighted by molar-refractivity contribution is 0.0992. The number of halogens is 2. The van der Waals surface area contributed by atoms with Crippen molar-refractivity contribution < 1.29 is 9.53 Å². The molecule has 0 aliphatic rings. The summed E-state index contributed by atoms with van der Waals surface area (Å²) in [6.07, 6.45) is 0.339. The summed E-state index contributed by atoms with van der Waals surface area (Å²) in [6, 6.07) is 12.7. The van der Waals surface area contributed by atoms with Crippen molar-refractivity contribution in [1.29, 1.82) is 0 Å². The summed E-state index contributed by atoms with van der Waals surface area (Å²) in [4.78, 5) is 12.2. The van der Waals surface area contributed by atoms with Crippen molar-refractivity contribution in [1.82, 2.24) is 0 Å². The highest BCUT2D eigenvalue weighted by Gasteiger charge is 2.11. The van der Waals surface area contributed by atoms with Crippen LogP contribution in [-0.4, -0.2) is 12.9 Å². The van der Waals surface area contributed by atoms with Gasteiger partial charge in [0.15, 0.2) is 5.78 Å². The number of carbonyl (C=O) groups is 1. The first-order chi connectivity index (χ1) is 9.11. The highest BCUT2D eigenvalue weighted by Crippen LogP contribution is 2.26. The van der Waals surface area contributed by atoms with Gasteiger partial charge in [-0.2, -0.15) is 0 Å². The van der Waals surface area contributed by atoms with Gasteiger partial charge in [-0.3, -0.25) is 4.79 Å². The summed E-state index contributed by atoms with van der Waals surface area (Å²) in [5.41, 5.74) is 1.55. The van der Waals surface area contributed by atoms with E-state index in [0.717, 1.165) is 10.0 Å². The third kappa shape index (κ3) is 3.37. The normalized spacial score (nSPS) is 10.3. The molecule has 0 saturated heterocycles. The molecule has 0 amide bonds. The Morgan fingerprint density at radius 3 is 2.68 bits per heavy atom. The maximum atomic E-state index is 12.2. The van der Waals surface area contributed by atoms with Crippen molar-refractivity contribution in [2.45, 2.75) is 6.42 Å². The summed E-state index contributed by atoms with van der Waals surface area (Å²) < 4.78 is 6.05. The van der Waals surface area contributed by atoms with E-state index in [1.165, 1.54) is 7.11 Å². The SMILES string of the molecule is COc1cc(C(=O)Cc2ccccc2Br)ccc1Cl. The molecule has 2 aromatic rings. The minimum Gasteiger partial charge on any atom is -0.495 e. The second-order valence-corrected chi connectivity index (χ2v) is 5.30. The fourth-order valence-corrected chi connectivity index (χ4v) is 2.37. The second kappa shape index (κ2) is 6.22. The van der Waals surface area contributed by atoms with Gasteiger partial charge in [0, 0.05) is 16.5 Å². The summed E-state index contributed by atoms with van der Waals surface area (Å²) in [6.45, 7) is 0. The second-order valence-electron chi connectivity index (χ2n) is 4.04. The molecule has 0 fully saturated rings. The molecule has 0 N–H and O–H groups in total. The van der Waals surface area contributed by atoms with Gasteiger partial charge in [0.1, 0.15) is 5.75 Å². The van der Waals surface area contributed by atoms with E-state index < -0.39 is 0 Å². The lowest BCUT2D eigenvalue weighted by Gasteiger charge is -2.07. The zero-order valence-corrected chi connectivity index (χ0v) is 12.7. The first-order valence-electron chi connectivity index (χ1n) is 5.72. The predicted octanol–water partition coefficient (Wildman–Crippen LogP) is 4.54. The van der Waals surface area contributed by atoms with E-state index in [1.807, 2.05) is 24.3 Å². The first kappa shape index (κ1) is 14.1. The van der Waals surface area contributed by atoms with Crippen LogP contribution in [0.5, 0.6) is 5.75 Å². The number of benzene rings is 2. The molecule has 0 heterocycles. The quantitative estimate of drug-likeness (QED) is 0.765. The van der Waals surface area contributed by atoms with E-state index >= 15 is 0 Å². The number of rotatable bonds is 4. The van der Waals surface area contributed by atoms with Gasteiger partial charge in [0.25, 0.3) is 0 Å². The first-order valence-corrected chi connectivity index (χ1v) is 6.89. The van der Waals surface area contributed by atoms with Crippen molar-refractivity contribution in [3.63, 3.8) is 0 Å². The largest absolute Gasteiger partial charge is 0.495 e. The van der Waals surface area contributed by atoms with Crippen molar-refractivity contribution in [2.75, 3.05) is 7.11 Å². The molecule has 0 spiro atoms. The molecule has 2 nitrogen and oxygen atoms in total. The summed E-state index contributed by atoms with van der Waals surface area (Å²) >= 11 is 9.38. The molecule has 2 rings (SSSR count). The Labute approximate surface area is 125 Å². The zero-order valence-electron chi connectivity index (χ0n) is 10.3. The molecule has 0 bridgehead atoms. The van der Waals surface area contributed by atoms with Crippen LogP contribution in [0, 0.1) is 0 Å². The maximum absolute atomic E-state index is 12.2. The number of ether oxygens (including phenoxy) is 1. The number of hydrogen-bond donors (Lipinski definition) is 0. The highest BCUT2D eigenvalue weighted by atomic mass is 79.9. The van der Waals surface area contributed by atoms with Crippen LogP contribution in [0.4, 0.5) is 0 Å². The Morgan fingerprint density at radius 2 is 2.00 bits per heavy atom. The molecular weight excluding hydrogens is 328 g/mol. The fourth-order valence-electron chi connectivity index (χ4n) is 1.75. The summed E-state index contributed by atoms with van der Waals surface area (Å²) in [5.74, 6) is 0.543. The van der Waals surface area contributed by atoms with Gasteiger partial charge in [-0.05, 0) is 29.8 Å². The molecule has 19 heavy (non-hydrogen) atoms. The average Bonchev–Trinajstić information content (AvgIpc) is 2.42. The Hall–Kier alpha value is -1.32. The van der Waals surface area contributed by atoms with Gasteiger partial charge < -0.3 is 4.74 Å². The molecule has 0 radical (unpaired) electrons. The van der Waals surface area contributed by atoms with E-state index in [2.05, 4.69) is 15.9 Å². The smallest absolute Gasteiger partial charge is 0.167 e. The van der Waals surface area contributed by atoms with Crippen LogP contribution in [0.25, 0.3) is 0 Å².